The van der Waals surface area contributed by atoms with Crippen LogP contribution in [0.3, 0.4) is 0 Å². The lowest BCUT2D eigenvalue weighted by Crippen LogP contribution is -1.88. The van der Waals surface area contributed by atoms with Crippen LogP contribution in [-0.2, 0) is 5.75 Å². The molecule has 0 aliphatic heterocycles. The normalized spacial score (nSPS) is 11.1. The Morgan fingerprint density at radius 1 is 1.29 bits per heavy atom. The zero-order valence-electron chi connectivity index (χ0n) is 9.68. The van der Waals surface area contributed by atoms with Crippen molar-refractivity contribution in [1.29, 1.82) is 0 Å². The molecule has 0 saturated heterocycles. The summed E-state index contributed by atoms with van der Waals surface area (Å²) >= 11 is 7.83. The molecule has 0 radical (unpaired) electrons. The summed E-state index contributed by atoms with van der Waals surface area (Å²) in [5.41, 5.74) is 0.780. The number of hydrogen-bond acceptors (Lipinski definition) is 4. The topological polar surface area (TPSA) is 38.9 Å². The monoisotopic (exact) mass is 268 g/mol. The molecular weight excluding hydrogens is 256 g/mol. The van der Waals surface area contributed by atoms with Gasteiger partial charge < -0.3 is 4.42 Å². The van der Waals surface area contributed by atoms with E-state index in [1.54, 1.807) is 11.8 Å². The van der Waals surface area contributed by atoms with Crippen molar-refractivity contribution in [2.24, 2.45) is 0 Å². The molecule has 0 unspecified atom stereocenters. The van der Waals surface area contributed by atoms with E-state index in [0.717, 1.165) is 11.3 Å². The van der Waals surface area contributed by atoms with Gasteiger partial charge in [0.1, 0.15) is 0 Å². The quantitative estimate of drug-likeness (QED) is 0.839. The minimum atomic E-state index is 0.481. The van der Waals surface area contributed by atoms with E-state index in [1.807, 2.05) is 24.3 Å². The summed E-state index contributed by atoms with van der Waals surface area (Å²) in [5, 5.41) is 9.19. The van der Waals surface area contributed by atoms with Gasteiger partial charge in [-0.1, -0.05) is 37.6 Å². The molecule has 17 heavy (non-hydrogen) atoms. The molecule has 0 bridgehead atoms. The Kier molecular flexibility index (Phi) is 4.07. The van der Waals surface area contributed by atoms with Gasteiger partial charge in [0.25, 0.3) is 0 Å². The second-order valence-corrected chi connectivity index (χ2v) is 5.81. The van der Waals surface area contributed by atoms with Crippen LogP contribution in [-0.4, -0.2) is 15.4 Å². The van der Waals surface area contributed by atoms with E-state index in [1.165, 1.54) is 0 Å². The maximum absolute atomic E-state index is 6.06. The summed E-state index contributed by atoms with van der Waals surface area (Å²) in [6.45, 7) is 4.27. The number of thioether (sulfide) groups is 1. The highest BCUT2D eigenvalue weighted by molar-refractivity contribution is 7.99. The van der Waals surface area contributed by atoms with Crippen molar-refractivity contribution >= 4 is 23.4 Å². The van der Waals surface area contributed by atoms with Crippen LogP contribution in [0.25, 0.3) is 11.5 Å². The van der Waals surface area contributed by atoms with E-state index in [2.05, 4.69) is 24.0 Å². The predicted octanol–water partition coefficient (Wildman–Crippen LogP) is 4.03. The number of halogens is 1. The molecule has 0 saturated carbocycles. The van der Waals surface area contributed by atoms with Gasteiger partial charge in [-0.3, -0.25) is 0 Å². The molecule has 0 spiro atoms. The number of benzene rings is 1. The van der Waals surface area contributed by atoms with Gasteiger partial charge in [-0.2, -0.15) is 0 Å². The Balaban J connectivity index is 2.16. The number of rotatable bonds is 4. The van der Waals surface area contributed by atoms with Crippen LogP contribution < -0.4 is 0 Å². The molecule has 0 atom stereocenters. The minimum Gasteiger partial charge on any atom is -0.420 e. The van der Waals surface area contributed by atoms with Crippen LogP contribution in [0, 0.1) is 0 Å². The van der Waals surface area contributed by atoms with Crippen LogP contribution >= 0.6 is 23.4 Å². The highest BCUT2D eigenvalue weighted by Crippen LogP contribution is 2.27. The van der Waals surface area contributed by atoms with Crippen molar-refractivity contribution in [3.8, 4) is 11.5 Å². The SMILES string of the molecule is CC(C)SCc1nnc(-c2ccccc2Cl)o1. The fraction of sp³-hybridized carbons (Fsp3) is 0.333. The summed E-state index contributed by atoms with van der Waals surface area (Å²) in [6, 6.07) is 7.45. The Morgan fingerprint density at radius 2 is 2.06 bits per heavy atom. The molecule has 5 heteroatoms. The zero-order chi connectivity index (χ0) is 12.3. The molecule has 1 heterocycles. The molecular formula is C12H13ClN2OS. The van der Waals surface area contributed by atoms with Crippen molar-refractivity contribution in [2.45, 2.75) is 24.9 Å². The number of nitrogens with zero attached hydrogens (tertiary/aromatic N) is 2. The fourth-order valence-electron chi connectivity index (χ4n) is 1.29. The zero-order valence-corrected chi connectivity index (χ0v) is 11.3. The largest absolute Gasteiger partial charge is 0.420 e. The van der Waals surface area contributed by atoms with Crippen LogP contribution in [0.4, 0.5) is 0 Å². The van der Waals surface area contributed by atoms with Gasteiger partial charge in [-0.15, -0.1) is 22.0 Å². The average molecular weight is 269 g/mol. The Hall–Kier alpha value is -1.00. The molecule has 3 nitrogen and oxygen atoms in total. The summed E-state index contributed by atoms with van der Waals surface area (Å²) < 4.78 is 5.57. The first-order chi connectivity index (χ1) is 8.16. The highest BCUT2D eigenvalue weighted by Gasteiger charge is 2.11. The van der Waals surface area contributed by atoms with Gasteiger partial charge >= 0.3 is 0 Å². The second-order valence-electron chi connectivity index (χ2n) is 3.84. The van der Waals surface area contributed by atoms with E-state index >= 15 is 0 Å². The van der Waals surface area contributed by atoms with Crippen LogP contribution in [0.15, 0.2) is 28.7 Å². The number of hydrogen-bond donors (Lipinski definition) is 0. The molecule has 2 rings (SSSR count). The van der Waals surface area contributed by atoms with E-state index in [0.29, 0.717) is 22.1 Å². The molecule has 0 N–H and O–H groups in total. The molecule has 0 amide bonds. The Morgan fingerprint density at radius 3 is 2.76 bits per heavy atom. The molecule has 0 aliphatic rings. The van der Waals surface area contributed by atoms with Crippen molar-refractivity contribution in [1.82, 2.24) is 10.2 Å². The second kappa shape index (κ2) is 5.56. The summed E-state index contributed by atoms with van der Waals surface area (Å²) in [7, 11) is 0. The van der Waals surface area contributed by atoms with E-state index < -0.39 is 0 Å². The summed E-state index contributed by atoms with van der Waals surface area (Å²) in [6.07, 6.45) is 0. The van der Waals surface area contributed by atoms with Crippen LogP contribution in [0.5, 0.6) is 0 Å². The molecule has 1 aromatic carbocycles. The van der Waals surface area contributed by atoms with Gasteiger partial charge in [-0.05, 0) is 17.4 Å². The standard InChI is InChI=1S/C12H13ClN2OS/c1-8(2)17-7-11-14-15-12(16-11)9-5-3-4-6-10(9)13/h3-6,8H,7H2,1-2H3. The number of aromatic nitrogens is 2. The van der Waals surface area contributed by atoms with E-state index in [-0.39, 0.29) is 0 Å². The van der Waals surface area contributed by atoms with E-state index in [9.17, 15) is 0 Å². The van der Waals surface area contributed by atoms with Gasteiger partial charge in [0.05, 0.1) is 16.3 Å². The molecule has 2 aromatic rings. The first-order valence-corrected chi connectivity index (χ1v) is 6.78. The predicted molar refractivity (Wildman–Crippen MR) is 71.2 cm³/mol. The first-order valence-electron chi connectivity index (χ1n) is 5.35. The van der Waals surface area contributed by atoms with Crippen LogP contribution in [0.1, 0.15) is 19.7 Å². The highest BCUT2D eigenvalue weighted by atomic mass is 35.5. The summed E-state index contributed by atoms with van der Waals surface area (Å²) in [5.74, 6) is 1.85. The molecule has 0 fully saturated rings. The third kappa shape index (κ3) is 3.23. The molecule has 90 valence electrons. The van der Waals surface area contributed by atoms with Crippen LogP contribution in [0.2, 0.25) is 5.02 Å². The lowest BCUT2D eigenvalue weighted by molar-refractivity contribution is 0.528. The maximum atomic E-state index is 6.06. The molecule has 0 aliphatic carbocycles. The van der Waals surface area contributed by atoms with Crippen molar-refractivity contribution < 1.29 is 4.42 Å². The third-order valence-corrected chi connectivity index (χ3v) is 3.52. The van der Waals surface area contributed by atoms with Crippen molar-refractivity contribution in [2.75, 3.05) is 0 Å². The van der Waals surface area contributed by atoms with Gasteiger partial charge in [-0.25, -0.2) is 0 Å². The summed E-state index contributed by atoms with van der Waals surface area (Å²) in [4.78, 5) is 0. The maximum Gasteiger partial charge on any atom is 0.249 e. The Bertz CT molecular complexity index is 499. The Labute approximate surface area is 110 Å². The van der Waals surface area contributed by atoms with Crippen molar-refractivity contribution in [3.63, 3.8) is 0 Å². The average Bonchev–Trinajstić information content (AvgIpc) is 2.75. The van der Waals surface area contributed by atoms with Crippen molar-refractivity contribution in [3.05, 3.63) is 35.2 Å². The lowest BCUT2D eigenvalue weighted by atomic mass is 10.2. The van der Waals surface area contributed by atoms with Gasteiger partial charge in [0, 0.05) is 0 Å². The fourth-order valence-corrected chi connectivity index (χ4v) is 2.10. The lowest BCUT2D eigenvalue weighted by Gasteiger charge is -2.00. The minimum absolute atomic E-state index is 0.481. The van der Waals surface area contributed by atoms with Gasteiger partial charge in [0.2, 0.25) is 11.8 Å². The first kappa shape index (κ1) is 12.5. The smallest absolute Gasteiger partial charge is 0.249 e. The third-order valence-electron chi connectivity index (χ3n) is 2.11. The molecule has 1 aromatic heterocycles. The van der Waals surface area contributed by atoms with E-state index in [4.69, 9.17) is 16.0 Å². The van der Waals surface area contributed by atoms with Gasteiger partial charge in [0.15, 0.2) is 0 Å².